The Bertz CT molecular complexity index is 3320. The van der Waals surface area contributed by atoms with Crippen LogP contribution in [-0.2, 0) is 10.8 Å². The number of benzene rings is 9. The maximum atomic E-state index is 5.49. The summed E-state index contributed by atoms with van der Waals surface area (Å²) in [5.74, 6) is 0.659. The summed E-state index contributed by atoms with van der Waals surface area (Å²) in [4.78, 5) is 15.6. The Kier molecular flexibility index (Phi) is 11.7. The molecular weight excluding hydrogens is 863 g/mol. The van der Waals surface area contributed by atoms with E-state index in [0.717, 1.165) is 78.9 Å². The Morgan fingerprint density at radius 2 is 0.676 bits per heavy atom. The first-order valence-electron chi connectivity index (χ1n) is 24.6. The molecule has 5 nitrogen and oxygen atoms in total. The smallest absolute Gasteiger partial charge is 0.160 e. The summed E-state index contributed by atoms with van der Waals surface area (Å²) in [6.45, 7) is 13.8. The van der Waals surface area contributed by atoms with Crippen molar-refractivity contribution in [2.75, 3.05) is 9.80 Å². The number of hydrogen-bond acceptors (Lipinski definition) is 4. The van der Waals surface area contributed by atoms with Crippen molar-refractivity contribution in [3.63, 3.8) is 0 Å². The minimum Gasteiger partial charge on any atom is -0.308 e. The van der Waals surface area contributed by atoms with Crippen LogP contribution in [0.25, 0.3) is 61.4 Å². The molecule has 0 N–H and O–H groups in total. The van der Waals surface area contributed by atoms with Gasteiger partial charge in [0.1, 0.15) is 0 Å². The average molecular weight is 920 g/mol. The fourth-order valence-corrected chi connectivity index (χ4v) is 9.75. The Labute approximate surface area is 418 Å². The van der Waals surface area contributed by atoms with Gasteiger partial charge in [0.05, 0.1) is 39.5 Å². The minimum atomic E-state index is -0.0637. The van der Waals surface area contributed by atoms with Crippen LogP contribution in [0.5, 0.6) is 0 Å². The highest BCUT2D eigenvalue weighted by molar-refractivity contribution is 6.12. The number of hydrogen-bond donors (Lipinski definition) is 0. The monoisotopic (exact) mass is 919 g/mol. The molecule has 9 aromatic carbocycles. The second kappa shape index (κ2) is 18.4. The number of rotatable bonds is 10. The van der Waals surface area contributed by atoms with Gasteiger partial charge in [0.2, 0.25) is 0 Å². The van der Waals surface area contributed by atoms with Crippen LogP contribution < -0.4 is 9.80 Å². The summed E-state index contributed by atoms with van der Waals surface area (Å²) in [5.41, 5.74) is 16.3. The van der Waals surface area contributed by atoms with Crippen LogP contribution in [0, 0.1) is 0 Å². The minimum absolute atomic E-state index is 0.0637. The fraction of sp³-hybridized carbons (Fsp3) is 0.121. The van der Waals surface area contributed by atoms with Crippen LogP contribution in [-0.4, -0.2) is 14.5 Å². The van der Waals surface area contributed by atoms with Crippen molar-refractivity contribution in [1.29, 1.82) is 0 Å². The van der Waals surface area contributed by atoms with Gasteiger partial charge in [0.15, 0.2) is 5.82 Å². The quantitative estimate of drug-likeness (QED) is 0.137. The van der Waals surface area contributed by atoms with Crippen molar-refractivity contribution in [2.45, 2.75) is 52.4 Å². The van der Waals surface area contributed by atoms with E-state index in [-0.39, 0.29) is 10.8 Å². The van der Waals surface area contributed by atoms with Crippen LogP contribution in [0.2, 0.25) is 0 Å². The number of anilines is 6. The highest BCUT2D eigenvalue weighted by Gasteiger charge is 2.30. The maximum Gasteiger partial charge on any atom is 0.160 e. The number of para-hydroxylation sites is 4. The zero-order chi connectivity index (χ0) is 48.7. The maximum absolute atomic E-state index is 5.49. The van der Waals surface area contributed by atoms with Gasteiger partial charge < -0.3 is 14.4 Å². The number of nitrogens with zero attached hydrogens (tertiary/aromatic N) is 5. The Balaban J connectivity index is 1.35. The molecule has 346 valence electrons. The van der Waals surface area contributed by atoms with Gasteiger partial charge in [-0.1, -0.05) is 187 Å². The fourth-order valence-electron chi connectivity index (χ4n) is 9.75. The zero-order valence-corrected chi connectivity index (χ0v) is 41.3. The van der Waals surface area contributed by atoms with Gasteiger partial charge in [-0.3, -0.25) is 0 Å². The molecule has 71 heavy (non-hydrogen) atoms. The molecule has 0 radical (unpaired) electrons. The molecule has 0 saturated heterocycles. The van der Waals surface area contributed by atoms with Gasteiger partial charge in [0, 0.05) is 50.2 Å². The van der Waals surface area contributed by atoms with E-state index in [0.29, 0.717) is 5.82 Å². The van der Waals surface area contributed by atoms with Crippen LogP contribution in [0.4, 0.5) is 34.1 Å². The third-order valence-electron chi connectivity index (χ3n) is 13.5. The van der Waals surface area contributed by atoms with Crippen LogP contribution in [0.15, 0.2) is 237 Å². The van der Waals surface area contributed by atoms with Crippen LogP contribution in [0.3, 0.4) is 0 Å². The molecule has 0 bridgehead atoms. The van der Waals surface area contributed by atoms with Crippen molar-refractivity contribution >= 4 is 55.9 Å². The highest BCUT2D eigenvalue weighted by atomic mass is 15.2. The van der Waals surface area contributed by atoms with E-state index < -0.39 is 0 Å². The van der Waals surface area contributed by atoms with Gasteiger partial charge in [-0.25, -0.2) is 9.97 Å². The first-order chi connectivity index (χ1) is 34.5. The Morgan fingerprint density at radius 1 is 0.338 bits per heavy atom. The molecule has 5 heteroatoms. The average Bonchev–Trinajstić information content (AvgIpc) is 3.72. The molecule has 0 fully saturated rings. The molecule has 11 rings (SSSR count). The van der Waals surface area contributed by atoms with Gasteiger partial charge in [-0.05, 0) is 113 Å². The van der Waals surface area contributed by atoms with E-state index in [2.05, 4.69) is 268 Å². The van der Waals surface area contributed by atoms with E-state index in [1.165, 1.54) is 21.9 Å². The lowest BCUT2D eigenvalue weighted by molar-refractivity contribution is 0.590. The summed E-state index contributed by atoms with van der Waals surface area (Å²) >= 11 is 0. The summed E-state index contributed by atoms with van der Waals surface area (Å²) < 4.78 is 2.53. The SMILES string of the molecule is CC(C)(C)c1ccc2c(c1)c1cc(C(C)(C)C)ccc1n2-c1c(N(c2ccccc2)c2ccccc2)cc(-c2cc(-c3ccccc3)nc(-c3ccccc3)n2)cc1N(c1ccccc1)c1ccccc1. The summed E-state index contributed by atoms with van der Waals surface area (Å²) in [6.07, 6.45) is 0. The van der Waals surface area contributed by atoms with Crippen molar-refractivity contribution < 1.29 is 0 Å². The predicted molar refractivity (Wildman–Crippen MR) is 299 cm³/mol. The molecule has 0 aliphatic carbocycles. The lowest BCUT2D eigenvalue weighted by Gasteiger charge is -2.34. The molecule has 11 aromatic rings. The van der Waals surface area contributed by atoms with Gasteiger partial charge in [-0.2, -0.15) is 0 Å². The molecule has 0 aliphatic heterocycles. The first-order valence-corrected chi connectivity index (χ1v) is 24.6. The van der Waals surface area contributed by atoms with Crippen molar-refractivity contribution in [3.8, 4) is 39.6 Å². The highest BCUT2D eigenvalue weighted by Crippen LogP contribution is 2.51. The van der Waals surface area contributed by atoms with E-state index in [1.807, 2.05) is 24.3 Å². The van der Waals surface area contributed by atoms with Gasteiger partial charge in [0.25, 0.3) is 0 Å². The third-order valence-corrected chi connectivity index (χ3v) is 13.5. The van der Waals surface area contributed by atoms with Gasteiger partial charge >= 0.3 is 0 Å². The molecular formula is C66H57N5. The summed E-state index contributed by atoms with van der Waals surface area (Å²) in [7, 11) is 0. The third kappa shape index (κ3) is 8.76. The summed E-state index contributed by atoms with van der Waals surface area (Å²) in [5, 5.41) is 2.43. The van der Waals surface area contributed by atoms with E-state index in [4.69, 9.17) is 9.97 Å². The molecule has 0 saturated carbocycles. The lowest BCUT2D eigenvalue weighted by Crippen LogP contribution is -2.18. The van der Waals surface area contributed by atoms with E-state index in [1.54, 1.807) is 0 Å². The Morgan fingerprint density at radius 3 is 1.04 bits per heavy atom. The van der Waals surface area contributed by atoms with Crippen molar-refractivity contribution in [1.82, 2.24) is 14.5 Å². The second-order valence-corrected chi connectivity index (χ2v) is 20.4. The number of aromatic nitrogens is 3. The molecule has 0 unspecified atom stereocenters. The normalized spacial score (nSPS) is 11.8. The van der Waals surface area contributed by atoms with E-state index >= 15 is 0 Å². The molecule has 0 amide bonds. The molecule has 0 aliphatic rings. The second-order valence-electron chi connectivity index (χ2n) is 20.4. The van der Waals surface area contributed by atoms with E-state index in [9.17, 15) is 0 Å². The Hall–Kier alpha value is -8.54. The number of fused-ring (bicyclic) bond motifs is 3. The largest absolute Gasteiger partial charge is 0.308 e. The van der Waals surface area contributed by atoms with Crippen LogP contribution in [0.1, 0.15) is 52.7 Å². The molecule has 0 atom stereocenters. The summed E-state index contributed by atoms with van der Waals surface area (Å²) in [6, 6.07) is 84.8. The topological polar surface area (TPSA) is 37.2 Å². The zero-order valence-electron chi connectivity index (χ0n) is 41.3. The van der Waals surface area contributed by atoms with Gasteiger partial charge in [-0.15, -0.1) is 0 Å². The molecule has 2 aromatic heterocycles. The molecule has 0 spiro atoms. The molecule has 2 heterocycles. The predicted octanol–water partition coefficient (Wildman–Crippen LogP) is 18.1. The van der Waals surface area contributed by atoms with Crippen molar-refractivity contribution in [2.24, 2.45) is 0 Å². The lowest BCUT2D eigenvalue weighted by atomic mass is 9.85. The van der Waals surface area contributed by atoms with Crippen LogP contribution >= 0.6 is 0 Å². The standard InChI is InChI=1S/C66H57N5/c1-65(2,3)49-37-39-59-55(43-49)56-44-50(66(4,5)6)38-40-60(56)71(59)63-61(69(51-29-17-9-18-30-51)52-31-19-10-20-32-52)41-48(42-62(63)70(53-33-21-11-22-34-53)54-35-23-12-24-36-54)58-45-57(46-25-13-7-14-26-46)67-64(68-58)47-27-15-8-16-28-47/h7-45H,1-6H3. The first kappa shape index (κ1) is 44.9. The van der Waals surface area contributed by atoms with Crippen molar-refractivity contribution in [3.05, 3.63) is 248 Å².